The Morgan fingerprint density at radius 3 is 3.04 bits per heavy atom. The molecular formula is C17H21N3O2S. The number of para-hydroxylation sites is 1. The molecule has 1 aromatic heterocycles. The van der Waals surface area contributed by atoms with E-state index in [-0.39, 0.29) is 11.8 Å². The predicted molar refractivity (Wildman–Crippen MR) is 92.3 cm³/mol. The van der Waals surface area contributed by atoms with E-state index in [4.69, 9.17) is 9.72 Å². The molecule has 4 rings (SSSR count). The number of nitrogens with zero attached hydrogens (tertiary/aromatic N) is 2. The second-order valence-electron chi connectivity index (χ2n) is 6.37. The Balaban J connectivity index is 1.53. The number of fused-ring (bicyclic) bond motifs is 1. The molecule has 0 bridgehead atoms. The molecule has 2 aliphatic rings. The van der Waals surface area contributed by atoms with E-state index in [9.17, 15) is 4.79 Å². The van der Waals surface area contributed by atoms with Crippen molar-refractivity contribution in [3.8, 4) is 5.75 Å². The van der Waals surface area contributed by atoms with Gasteiger partial charge in [0.2, 0.25) is 5.91 Å². The topological polar surface area (TPSA) is 54.5 Å². The minimum Gasteiger partial charge on any atom is -0.494 e. The Bertz CT molecular complexity index is 726. The second kappa shape index (κ2) is 6.00. The third-order valence-electron chi connectivity index (χ3n) is 4.58. The molecule has 1 aliphatic heterocycles. The molecule has 23 heavy (non-hydrogen) atoms. The number of hydrogen-bond donors (Lipinski definition) is 1. The number of carbonyl (C=O) groups excluding carboxylic acids is 1. The standard InChI is InChI=1S/C17H21N3O2S/c1-22-13-5-2-6-14-15(13)19-17(23-14)20-9-3-4-11(10-20)16(21)18-12-7-8-12/h2,5-6,11-12H,3-4,7-10H2,1H3,(H,18,21). The average molecular weight is 331 g/mol. The summed E-state index contributed by atoms with van der Waals surface area (Å²) >= 11 is 1.68. The number of benzene rings is 1. The molecule has 5 nitrogen and oxygen atoms in total. The van der Waals surface area contributed by atoms with Crippen LogP contribution < -0.4 is 15.0 Å². The highest BCUT2D eigenvalue weighted by atomic mass is 32.1. The molecule has 122 valence electrons. The van der Waals surface area contributed by atoms with Crippen LogP contribution in [0.1, 0.15) is 25.7 Å². The first-order valence-electron chi connectivity index (χ1n) is 8.23. The van der Waals surface area contributed by atoms with Crippen molar-refractivity contribution in [3.63, 3.8) is 0 Å². The van der Waals surface area contributed by atoms with E-state index in [2.05, 4.69) is 16.3 Å². The van der Waals surface area contributed by atoms with Crippen LogP contribution >= 0.6 is 11.3 Å². The van der Waals surface area contributed by atoms with Crippen LogP contribution in [0, 0.1) is 5.92 Å². The first-order chi connectivity index (χ1) is 11.2. The van der Waals surface area contributed by atoms with Crippen molar-refractivity contribution in [1.29, 1.82) is 0 Å². The number of carbonyl (C=O) groups is 1. The second-order valence-corrected chi connectivity index (χ2v) is 7.38. The van der Waals surface area contributed by atoms with Crippen LogP contribution in [0.25, 0.3) is 10.2 Å². The third kappa shape index (κ3) is 3.00. The zero-order chi connectivity index (χ0) is 15.8. The first kappa shape index (κ1) is 14.8. The van der Waals surface area contributed by atoms with Crippen molar-refractivity contribution in [2.45, 2.75) is 31.7 Å². The van der Waals surface area contributed by atoms with Crippen molar-refractivity contribution in [1.82, 2.24) is 10.3 Å². The van der Waals surface area contributed by atoms with Crippen molar-refractivity contribution in [2.24, 2.45) is 5.92 Å². The Hall–Kier alpha value is -1.82. The molecule has 1 saturated carbocycles. The molecule has 6 heteroatoms. The van der Waals surface area contributed by atoms with Crippen molar-refractivity contribution in [2.75, 3.05) is 25.1 Å². The highest BCUT2D eigenvalue weighted by Crippen LogP contribution is 2.35. The van der Waals surface area contributed by atoms with Crippen LogP contribution in [0.15, 0.2) is 18.2 Å². The largest absolute Gasteiger partial charge is 0.494 e. The summed E-state index contributed by atoms with van der Waals surface area (Å²) in [4.78, 5) is 19.3. The van der Waals surface area contributed by atoms with Gasteiger partial charge in [-0.25, -0.2) is 4.98 Å². The third-order valence-corrected chi connectivity index (χ3v) is 5.66. The summed E-state index contributed by atoms with van der Waals surface area (Å²) in [6.45, 7) is 1.73. The summed E-state index contributed by atoms with van der Waals surface area (Å²) in [5, 5.41) is 4.13. The fourth-order valence-corrected chi connectivity index (χ4v) is 4.14. The minimum atomic E-state index is 0.0817. The maximum atomic E-state index is 12.3. The summed E-state index contributed by atoms with van der Waals surface area (Å²) in [5.41, 5.74) is 0.916. The molecule has 1 amide bonds. The number of hydrogen-bond acceptors (Lipinski definition) is 5. The van der Waals surface area contributed by atoms with Gasteiger partial charge in [0.1, 0.15) is 11.3 Å². The lowest BCUT2D eigenvalue weighted by atomic mass is 9.97. The highest BCUT2D eigenvalue weighted by molar-refractivity contribution is 7.22. The molecule has 2 fully saturated rings. The molecule has 1 atom stereocenters. The lowest BCUT2D eigenvalue weighted by molar-refractivity contribution is -0.125. The van der Waals surface area contributed by atoms with Crippen LogP contribution in [0.2, 0.25) is 0 Å². The van der Waals surface area contributed by atoms with Gasteiger partial charge in [-0.2, -0.15) is 0 Å². The molecule has 0 radical (unpaired) electrons. The number of piperidine rings is 1. The number of aromatic nitrogens is 1. The van der Waals surface area contributed by atoms with Crippen molar-refractivity contribution >= 4 is 32.6 Å². The minimum absolute atomic E-state index is 0.0817. The molecule has 2 aromatic rings. The molecule has 1 aromatic carbocycles. The smallest absolute Gasteiger partial charge is 0.225 e. The molecule has 2 heterocycles. The fourth-order valence-electron chi connectivity index (χ4n) is 3.12. The number of ether oxygens (including phenoxy) is 1. The van der Waals surface area contributed by atoms with Gasteiger partial charge in [0, 0.05) is 19.1 Å². The SMILES string of the molecule is COc1cccc2sc(N3CCCC(C(=O)NC4CC4)C3)nc12. The zero-order valence-electron chi connectivity index (χ0n) is 13.2. The van der Waals surface area contributed by atoms with E-state index >= 15 is 0 Å². The van der Waals surface area contributed by atoms with E-state index in [1.54, 1.807) is 18.4 Å². The number of amides is 1. The van der Waals surface area contributed by atoms with E-state index in [1.165, 1.54) is 0 Å². The maximum Gasteiger partial charge on any atom is 0.225 e. The van der Waals surface area contributed by atoms with Crippen LogP contribution in [0.3, 0.4) is 0 Å². The molecule has 1 aliphatic carbocycles. The van der Waals surface area contributed by atoms with Gasteiger partial charge in [0.05, 0.1) is 17.7 Å². The van der Waals surface area contributed by atoms with Crippen molar-refractivity contribution in [3.05, 3.63) is 18.2 Å². The molecule has 1 saturated heterocycles. The van der Waals surface area contributed by atoms with Crippen molar-refractivity contribution < 1.29 is 9.53 Å². The Labute approximate surface area is 139 Å². The number of anilines is 1. The van der Waals surface area contributed by atoms with Gasteiger partial charge in [-0.05, 0) is 37.8 Å². The average Bonchev–Trinajstić information content (AvgIpc) is 3.28. The molecule has 1 N–H and O–H groups in total. The number of thiazole rings is 1. The van der Waals surface area contributed by atoms with Gasteiger partial charge in [0.15, 0.2) is 5.13 Å². The number of nitrogens with one attached hydrogen (secondary N) is 1. The Morgan fingerprint density at radius 1 is 1.39 bits per heavy atom. The number of rotatable bonds is 4. The summed E-state index contributed by atoms with van der Waals surface area (Å²) in [6, 6.07) is 6.43. The van der Waals surface area contributed by atoms with E-state index in [0.717, 1.165) is 59.9 Å². The van der Waals surface area contributed by atoms with Crippen LogP contribution in [0.5, 0.6) is 5.75 Å². The predicted octanol–water partition coefficient (Wildman–Crippen LogP) is 2.80. The van der Waals surface area contributed by atoms with Crippen LogP contribution in [-0.2, 0) is 4.79 Å². The summed E-state index contributed by atoms with van der Waals surface area (Å²) in [6.07, 6.45) is 4.29. The zero-order valence-corrected chi connectivity index (χ0v) is 14.1. The lowest BCUT2D eigenvalue weighted by Gasteiger charge is -2.31. The molecule has 1 unspecified atom stereocenters. The van der Waals surface area contributed by atoms with Gasteiger partial charge in [-0.1, -0.05) is 17.4 Å². The Morgan fingerprint density at radius 2 is 2.26 bits per heavy atom. The van der Waals surface area contributed by atoms with Gasteiger partial charge >= 0.3 is 0 Å². The van der Waals surface area contributed by atoms with Gasteiger partial charge in [-0.15, -0.1) is 0 Å². The van der Waals surface area contributed by atoms with E-state index in [1.807, 2.05) is 12.1 Å². The summed E-state index contributed by atoms with van der Waals surface area (Å²) in [5.74, 6) is 1.11. The monoisotopic (exact) mass is 331 g/mol. The first-order valence-corrected chi connectivity index (χ1v) is 9.05. The molecule has 0 spiro atoms. The lowest BCUT2D eigenvalue weighted by Crippen LogP contribution is -2.43. The van der Waals surface area contributed by atoms with E-state index in [0.29, 0.717) is 6.04 Å². The van der Waals surface area contributed by atoms with Gasteiger partial charge < -0.3 is 15.0 Å². The molecular weight excluding hydrogens is 310 g/mol. The van der Waals surface area contributed by atoms with Gasteiger partial charge in [0.25, 0.3) is 0 Å². The summed E-state index contributed by atoms with van der Waals surface area (Å²) < 4.78 is 6.53. The Kier molecular flexibility index (Phi) is 3.85. The quantitative estimate of drug-likeness (QED) is 0.936. The maximum absolute atomic E-state index is 12.3. The van der Waals surface area contributed by atoms with E-state index < -0.39 is 0 Å². The van der Waals surface area contributed by atoms with Crippen LogP contribution in [-0.4, -0.2) is 37.1 Å². The number of methoxy groups -OCH3 is 1. The highest BCUT2D eigenvalue weighted by Gasteiger charge is 2.31. The van der Waals surface area contributed by atoms with Gasteiger partial charge in [-0.3, -0.25) is 4.79 Å². The normalized spacial score (nSPS) is 21.4. The summed E-state index contributed by atoms with van der Waals surface area (Å²) in [7, 11) is 1.67. The van der Waals surface area contributed by atoms with Crippen LogP contribution in [0.4, 0.5) is 5.13 Å². The fraction of sp³-hybridized carbons (Fsp3) is 0.529.